The third kappa shape index (κ3) is 4.65. The zero-order valence-corrected chi connectivity index (χ0v) is 19.4. The first-order valence-corrected chi connectivity index (χ1v) is 11.1. The highest BCUT2D eigenvalue weighted by Gasteiger charge is 2.18. The van der Waals surface area contributed by atoms with Crippen LogP contribution < -0.4 is 0 Å². The van der Waals surface area contributed by atoms with E-state index in [1.807, 2.05) is 0 Å². The van der Waals surface area contributed by atoms with Crippen molar-refractivity contribution in [2.45, 2.75) is 27.7 Å². The Balaban J connectivity index is 2.05. The minimum absolute atomic E-state index is 1.03. The van der Waals surface area contributed by atoms with Crippen molar-refractivity contribution in [2.75, 3.05) is 0 Å². The van der Waals surface area contributed by atoms with Gasteiger partial charge in [-0.3, -0.25) is 0 Å². The Kier molecular flexibility index (Phi) is 6.23. The molecule has 0 aliphatic heterocycles. The molecule has 158 valence electrons. The molecule has 4 aromatic rings. The Bertz CT molecular complexity index is 1200. The number of hydrogen-bond donors (Lipinski definition) is 0. The van der Waals surface area contributed by atoms with Crippen LogP contribution in [0.25, 0.3) is 16.7 Å². The van der Waals surface area contributed by atoms with Gasteiger partial charge in [-0.05, 0) is 66.7 Å². The van der Waals surface area contributed by atoms with E-state index < -0.39 is 0 Å². The zero-order valence-electron chi connectivity index (χ0n) is 19.4. The van der Waals surface area contributed by atoms with E-state index in [-0.39, 0.29) is 0 Å². The molecule has 32 heavy (non-hydrogen) atoms. The van der Waals surface area contributed by atoms with E-state index in [0.717, 1.165) is 11.1 Å². The molecule has 0 atom stereocenters. The summed E-state index contributed by atoms with van der Waals surface area (Å²) in [6.07, 6.45) is 0. The Labute approximate surface area is 192 Å². The van der Waals surface area contributed by atoms with E-state index in [2.05, 4.69) is 131 Å². The second-order valence-corrected chi connectivity index (χ2v) is 8.69. The number of aryl methyl sites for hydroxylation is 4. The summed E-state index contributed by atoms with van der Waals surface area (Å²) in [5.41, 5.74) is 13.1. The van der Waals surface area contributed by atoms with Gasteiger partial charge in [0, 0.05) is 0 Å². The molecule has 0 heterocycles. The average molecular weight is 415 g/mol. The molecule has 0 N–H and O–H groups in total. The number of rotatable bonds is 5. The Morgan fingerprint density at radius 2 is 0.688 bits per heavy atom. The largest absolute Gasteiger partial charge is 0.0905 e. The average Bonchev–Trinajstić information content (AvgIpc) is 2.80. The molecule has 0 bridgehead atoms. The van der Waals surface area contributed by atoms with Crippen molar-refractivity contribution in [3.8, 4) is 0 Å². The van der Waals surface area contributed by atoms with Crippen LogP contribution in [0.4, 0.5) is 0 Å². The molecule has 0 unspecified atom stereocenters. The van der Waals surface area contributed by atoms with Gasteiger partial charge in [0.05, 0.1) is 0 Å². The summed E-state index contributed by atoms with van der Waals surface area (Å²) in [5, 5.41) is 0. The van der Waals surface area contributed by atoms with Crippen LogP contribution in [0.2, 0.25) is 0 Å². The van der Waals surface area contributed by atoms with Crippen LogP contribution in [-0.2, 0) is 0 Å². The van der Waals surface area contributed by atoms with Crippen molar-refractivity contribution in [3.63, 3.8) is 0 Å². The van der Waals surface area contributed by atoms with Gasteiger partial charge in [0.1, 0.15) is 0 Å². The molecule has 0 saturated heterocycles. The van der Waals surface area contributed by atoms with Crippen molar-refractivity contribution < 1.29 is 0 Å². The second kappa shape index (κ2) is 9.24. The van der Waals surface area contributed by atoms with E-state index in [0.29, 0.717) is 0 Å². The van der Waals surface area contributed by atoms with Crippen molar-refractivity contribution in [2.24, 2.45) is 0 Å². The van der Waals surface area contributed by atoms with E-state index in [1.165, 1.54) is 50.1 Å². The standard InChI is InChI=1S/C32H30/c1-22-6-14-27(15-7-22)26(5)31(28-16-8-23(2)9-17-28)32(29-18-10-24(3)11-19-29)30-20-12-25(4)13-21-30/h6-21H,5H2,1-4H3. The third-order valence-corrected chi connectivity index (χ3v) is 5.97. The van der Waals surface area contributed by atoms with Crippen LogP contribution in [0, 0.1) is 27.7 Å². The lowest BCUT2D eigenvalue weighted by Crippen LogP contribution is -1.98. The van der Waals surface area contributed by atoms with E-state index in [4.69, 9.17) is 0 Å². The SMILES string of the molecule is C=C(C(=C(c1ccc(C)cc1)c1ccc(C)cc1)c1ccc(C)cc1)c1ccc(C)cc1. The van der Waals surface area contributed by atoms with Crippen LogP contribution in [0.15, 0.2) is 104 Å². The Morgan fingerprint density at radius 1 is 0.406 bits per heavy atom. The maximum Gasteiger partial charge on any atom is -0.00267 e. The first-order valence-electron chi connectivity index (χ1n) is 11.1. The molecule has 0 radical (unpaired) electrons. The molecule has 0 aliphatic carbocycles. The topological polar surface area (TPSA) is 0 Å². The van der Waals surface area contributed by atoms with E-state index in [9.17, 15) is 0 Å². The molecular weight excluding hydrogens is 384 g/mol. The minimum Gasteiger partial charge on any atom is -0.0905 e. The minimum atomic E-state index is 1.03. The predicted octanol–water partition coefficient (Wildman–Crippen LogP) is 8.59. The molecule has 0 spiro atoms. The van der Waals surface area contributed by atoms with Gasteiger partial charge in [0.15, 0.2) is 0 Å². The van der Waals surface area contributed by atoms with Crippen molar-refractivity contribution in [1.29, 1.82) is 0 Å². The number of benzene rings is 4. The van der Waals surface area contributed by atoms with E-state index in [1.54, 1.807) is 0 Å². The van der Waals surface area contributed by atoms with Gasteiger partial charge in [-0.2, -0.15) is 0 Å². The van der Waals surface area contributed by atoms with Crippen LogP contribution in [0.3, 0.4) is 0 Å². The lowest BCUT2D eigenvalue weighted by atomic mass is 9.83. The van der Waals surface area contributed by atoms with Gasteiger partial charge in [0.2, 0.25) is 0 Å². The molecule has 4 rings (SSSR count). The fourth-order valence-corrected chi connectivity index (χ4v) is 3.98. The first kappa shape index (κ1) is 21.6. The highest BCUT2D eigenvalue weighted by molar-refractivity contribution is 6.17. The predicted molar refractivity (Wildman–Crippen MR) is 140 cm³/mol. The monoisotopic (exact) mass is 414 g/mol. The summed E-state index contributed by atoms with van der Waals surface area (Å²) in [4.78, 5) is 0. The second-order valence-electron chi connectivity index (χ2n) is 8.69. The molecule has 0 aliphatic rings. The molecule has 0 amide bonds. The van der Waals surface area contributed by atoms with Crippen LogP contribution in [0.1, 0.15) is 44.5 Å². The number of allylic oxidation sites excluding steroid dienone is 2. The maximum atomic E-state index is 4.60. The molecule has 0 heteroatoms. The van der Waals surface area contributed by atoms with Crippen molar-refractivity contribution >= 4 is 16.7 Å². The van der Waals surface area contributed by atoms with Gasteiger partial charge in [-0.25, -0.2) is 0 Å². The van der Waals surface area contributed by atoms with Crippen molar-refractivity contribution in [3.05, 3.63) is 148 Å². The molecule has 0 aromatic heterocycles. The van der Waals surface area contributed by atoms with Gasteiger partial charge in [-0.15, -0.1) is 0 Å². The van der Waals surface area contributed by atoms with Crippen LogP contribution in [-0.4, -0.2) is 0 Å². The van der Waals surface area contributed by atoms with E-state index >= 15 is 0 Å². The quantitative estimate of drug-likeness (QED) is 0.226. The third-order valence-electron chi connectivity index (χ3n) is 5.97. The lowest BCUT2D eigenvalue weighted by Gasteiger charge is -2.20. The maximum absolute atomic E-state index is 4.60. The fourth-order valence-electron chi connectivity index (χ4n) is 3.98. The molecular formula is C32H30. The summed E-state index contributed by atoms with van der Waals surface area (Å²) in [6.45, 7) is 13.1. The van der Waals surface area contributed by atoms with Crippen LogP contribution in [0.5, 0.6) is 0 Å². The first-order chi connectivity index (χ1) is 15.4. The molecule has 0 fully saturated rings. The highest BCUT2D eigenvalue weighted by Crippen LogP contribution is 2.40. The molecule has 0 nitrogen and oxygen atoms in total. The summed E-state index contributed by atoms with van der Waals surface area (Å²) in [7, 11) is 0. The highest BCUT2D eigenvalue weighted by atomic mass is 14.2. The van der Waals surface area contributed by atoms with Gasteiger partial charge in [0.25, 0.3) is 0 Å². The van der Waals surface area contributed by atoms with Gasteiger partial charge < -0.3 is 0 Å². The van der Waals surface area contributed by atoms with Crippen LogP contribution >= 0.6 is 0 Å². The van der Waals surface area contributed by atoms with Gasteiger partial charge in [-0.1, -0.05) is 126 Å². The Morgan fingerprint density at radius 3 is 1.03 bits per heavy atom. The molecule has 0 saturated carbocycles. The van der Waals surface area contributed by atoms with Crippen molar-refractivity contribution in [1.82, 2.24) is 0 Å². The normalized spacial score (nSPS) is 10.6. The summed E-state index contributed by atoms with van der Waals surface area (Å²) in [5.74, 6) is 0. The zero-order chi connectivity index (χ0) is 22.7. The number of hydrogen-bond acceptors (Lipinski definition) is 0. The lowest BCUT2D eigenvalue weighted by molar-refractivity contribution is 1.42. The fraction of sp³-hybridized carbons (Fsp3) is 0.125. The Hall–Kier alpha value is -3.64. The summed E-state index contributed by atoms with van der Waals surface area (Å²) in [6, 6.07) is 35.1. The smallest absolute Gasteiger partial charge is 0.00267 e. The summed E-state index contributed by atoms with van der Waals surface area (Å²) < 4.78 is 0. The molecule has 4 aromatic carbocycles. The summed E-state index contributed by atoms with van der Waals surface area (Å²) >= 11 is 0. The van der Waals surface area contributed by atoms with Gasteiger partial charge >= 0.3 is 0 Å².